The lowest BCUT2D eigenvalue weighted by Crippen LogP contribution is -2.42. The molecular formula is C13H20F3N5OS. The molecule has 1 amide bonds. The number of hydrogen-bond acceptors (Lipinski definition) is 5. The van der Waals surface area contributed by atoms with Crippen LogP contribution in [0.15, 0.2) is 17.8 Å². The molecule has 0 aliphatic heterocycles. The molecule has 0 atom stereocenters. The molecule has 0 aliphatic carbocycles. The Kier molecular flexibility index (Phi) is 6.92. The maximum absolute atomic E-state index is 12.6. The predicted octanol–water partition coefficient (Wildman–Crippen LogP) is 2.19. The molecule has 10 heteroatoms. The summed E-state index contributed by atoms with van der Waals surface area (Å²) < 4.78 is 39.3. The van der Waals surface area contributed by atoms with E-state index in [0.717, 1.165) is 16.7 Å². The quantitative estimate of drug-likeness (QED) is 0.574. The molecule has 0 saturated carbocycles. The van der Waals surface area contributed by atoms with E-state index in [-0.39, 0.29) is 24.2 Å². The van der Waals surface area contributed by atoms with Gasteiger partial charge in [0.25, 0.3) is 0 Å². The third-order valence-electron chi connectivity index (χ3n) is 2.69. The fraction of sp³-hybridized carbons (Fsp3) is 0.615. The molecule has 0 aliphatic rings. The summed E-state index contributed by atoms with van der Waals surface area (Å²) in [5, 5.41) is 7.86. The molecule has 0 spiro atoms. The normalized spacial score (nSPS) is 11.7. The van der Waals surface area contributed by atoms with E-state index in [9.17, 15) is 18.0 Å². The van der Waals surface area contributed by atoms with Crippen LogP contribution in [-0.2, 0) is 11.3 Å². The number of aromatic nitrogens is 3. The van der Waals surface area contributed by atoms with Crippen LogP contribution in [0.4, 0.5) is 19.1 Å². The van der Waals surface area contributed by atoms with Gasteiger partial charge in [0.2, 0.25) is 11.9 Å². The van der Waals surface area contributed by atoms with Crippen molar-refractivity contribution in [3.63, 3.8) is 0 Å². The Labute approximate surface area is 136 Å². The zero-order valence-electron chi connectivity index (χ0n) is 13.0. The first-order chi connectivity index (χ1) is 10.6. The van der Waals surface area contributed by atoms with Crippen molar-refractivity contribution in [1.82, 2.24) is 19.7 Å². The number of carbonyl (C=O) groups excluding carboxylic acids is 1. The molecule has 1 aromatic heterocycles. The Bertz CT molecular complexity index is 544. The van der Waals surface area contributed by atoms with Crippen LogP contribution in [0, 0.1) is 5.92 Å². The van der Waals surface area contributed by atoms with Crippen LogP contribution in [0.25, 0.3) is 0 Å². The highest BCUT2D eigenvalue weighted by Gasteiger charge is 2.33. The summed E-state index contributed by atoms with van der Waals surface area (Å²) >= 11 is 1.00. The molecule has 23 heavy (non-hydrogen) atoms. The number of nitrogens with two attached hydrogens (primary N) is 1. The minimum atomic E-state index is -4.43. The van der Waals surface area contributed by atoms with Crippen molar-refractivity contribution in [2.75, 3.05) is 24.6 Å². The van der Waals surface area contributed by atoms with Gasteiger partial charge in [-0.15, -0.1) is 16.8 Å². The van der Waals surface area contributed by atoms with E-state index in [4.69, 9.17) is 5.73 Å². The molecule has 6 nitrogen and oxygen atoms in total. The van der Waals surface area contributed by atoms with Crippen molar-refractivity contribution in [1.29, 1.82) is 0 Å². The first-order valence-corrected chi connectivity index (χ1v) is 7.89. The summed E-state index contributed by atoms with van der Waals surface area (Å²) in [6.07, 6.45) is -2.84. The smallest absolute Gasteiger partial charge is 0.368 e. The topological polar surface area (TPSA) is 77.0 Å². The fourth-order valence-corrected chi connectivity index (χ4v) is 2.69. The summed E-state index contributed by atoms with van der Waals surface area (Å²) in [6, 6.07) is 0. The second-order valence-electron chi connectivity index (χ2n) is 5.31. The van der Waals surface area contributed by atoms with E-state index in [1.165, 1.54) is 4.57 Å². The lowest BCUT2D eigenvalue weighted by Gasteiger charge is -2.25. The van der Waals surface area contributed by atoms with Gasteiger partial charge in [0.1, 0.15) is 6.54 Å². The standard InChI is InChI=1S/C13H20F3N5OS/c1-4-5-21-11(17)18-19-12(21)23-7-10(22)20(6-9(2)3)8-13(14,15)16/h4,9H,1,5-8H2,2-3H3,(H2,17,18). The summed E-state index contributed by atoms with van der Waals surface area (Å²) in [5.41, 5.74) is 5.63. The number of allylic oxidation sites excluding steroid dienone is 1. The van der Waals surface area contributed by atoms with E-state index in [2.05, 4.69) is 16.8 Å². The largest absolute Gasteiger partial charge is 0.406 e. The number of alkyl halides is 3. The van der Waals surface area contributed by atoms with Crippen LogP contribution < -0.4 is 5.73 Å². The molecular weight excluding hydrogens is 331 g/mol. The summed E-state index contributed by atoms with van der Waals surface area (Å²) in [6.45, 7) is 6.22. The van der Waals surface area contributed by atoms with Crippen LogP contribution in [-0.4, -0.2) is 50.6 Å². The highest BCUT2D eigenvalue weighted by atomic mass is 32.2. The lowest BCUT2D eigenvalue weighted by molar-refractivity contribution is -0.160. The van der Waals surface area contributed by atoms with Crippen molar-refractivity contribution >= 4 is 23.6 Å². The van der Waals surface area contributed by atoms with Crippen molar-refractivity contribution < 1.29 is 18.0 Å². The molecule has 0 fully saturated rings. The summed E-state index contributed by atoms with van der Waals surface area (Å²) in [7, 11) is 0. The maximum atomic E-state index is 12.6. The Balaban J connectivity index is 2.73. The van der Waals surface area contributed by atoms with Crippen molar-refractivity contribution in [2.45, 2.75) is 31.7 Å². The number of nitrogen functional groups attached to an aromatic ring is 1. The number of thioether (sulfide) groups is 1. The van der Waals surface area contributed by atoms with Gasteiger partial charge in [-0.3, -0.25) is 9.36 Å². The van der Waals surface area contributed by atoms with E-state index in [1.807, 2.05) is 0 Å². The van der Waals surface area contributed by atoms with Crippen LogP contribution in [0.3, 0.4) is 0 Å². The maximum Gasteiger partial charge on any atom is 0.406 e. The van der Waals surface area contributed by atoms with Gasteiger partial charge < -0.3 is 10.6 Å². The second kappa shape index (κ2) is 8.23. The molecule has 1 rings (SSSR count). The molecule has 1 aromatic rings. The highest BCUT2D eigenvalue weighted by Crippen LogP contribution is 2.21. The average molecular weight is 351 g/mol. The number of nitrogens with zero attached hydrogens (tertiary/aromatic N) is 4. The Morgan fingerprint density at radius 1 is 1.48 bits per heavy atom. The summed E-state index contributed by atoms with van der Waals surface area (Å²) in [5.74, 6) is -0.675. The Hall–Kier alpha value is -1.71. The molecule has 1 heterocycles. The van der Waals surface area contributed by atoms with Gasteiger partial charge in [0.05, 0.1) is 5.75 Å². The van der Waals surface area contributed by atoms with Gasteiger partial charge in [0, 0.05) is 13.1 Å². The summed E-state index contributed by atoms with van der Waals surface area (Å²) in [4.78, 5) is 12.9. The van der Waals surface area contributed by atoms with Gasteiger partial charge >= 0.3 is 6.18 Å². The first kappa shape index (κ1) is 19.3. The van der Waals surface area contributed by atoms with Gasteiger partial charge in [0.15, 0.2) is 5.16 Å². The molecule has 0 bridgehead atoms. The van der Waals surface area contributed by atoms with Crippen LogP contribution in [0.5, 0.6) is 0 Å². The zero-order valence-corrected chi connectivity index (χ0v) is 13.8. The van der Waals surface area contributed by atoms with E-state index in [1.54, 1.807) is 19.9 Å². The number of anilines is 1. The SMILES string of the molecule is C=CCn1c(N)nnc1SCC(=O)N(CC(C)C)CC(F)(F)F. The van der Waals surface area contributed by atoms with Gasteiger partial charge in [-0.1, -0.05) is 31.7 Å². The second-order valence-corrected chi connectivity index (χ2v) is 6.25. The number of rotatable bonds is 8. The fourth-order valence-electron chi connectivity index (χ4n) is 1.84. The molecule has 130 valence electrons. The molecule has 2 N–H and O–H groups in total. The first-order valence-electron chi connectivity index (χ1n) is 6.91. The minimum absolute atomic E-state index is 0.0421. The van der Waals surface area contributed by atoms with E-state index < -0.39 is 18.6 Å². The third kappa shape index (κ3) is 6.51. The predicted molar refractivity (Wildman–Crippen MR) is 82.8 cm³/mol. The molecule has 0 saturated heterocycles. The monoisotopic (exact) mass is 351 g/mol. The van der Waals surface area contributed by atoms with Crippen molar-refractivity contribution in [2.24, 2.45) is 5.92 Å². The number of hydrogen-bond donors (Lipinski definition) is 1. The third-order valence-corrected chi connectivity index (χ3v) is 3.64. The number of amides is 1. The van der Waals surface area contributed by atoms with Gasteiger partial charge in [-0.25, -0.2) is 0 Å². The zero-order chi connectivity index (χ0) is 17.6. The van der Waals surface area contributed by atoms with Crippen molar-refractivity contribution in [3.8, 4) is 0 Å². The Morgan fingerprint density at radius 2 is 2.13 bits per heavy atom. The molecule has 0 unspecified atom stereocenters. The van der Waals surface area contributed by atoms with Crippen LogP contribution >= 0.6 is 11.8 Å². The van der Waals surface area contributed by atoms with Crippen LogP contribution in [0.2, 0.25) is 0 Å². The van der Waals surface area contributed by atoms with Crippen molar-refractivity contribution in [3.05, 3.63) is 12.7 Å². The van der Waals surface area contributed by atoms with E-state index >= 15 is 0 Å². The highest BCUT2D eigenvalue weighted by molar-refractivity contribution is 7.99. The molecule has 0 aromatic carbocycles. The van der Waals surface area contributed by atoms with Gasteiger partial charge in [-0.05, 0) is 5.92 Å². The molecule has 0 radical (unpaired) electrons. The average Bonchev–Trinajstić information content (AvgIpc) is 2.75. The number of halogens is 3. The lowest BCUT2D eigenvalue weighted by atomic mass is 10.2. The minimum Gasteiger partial charge on any atom is -0.368 e. The van der Waals surface area contributed by atoms with E-state index in [0.29, 0.717) is 11.7 Å². The number of carbonyl (C=O) groups is 1. The Morgan fingerprint density at radius 3 is 2.65 bits per heavy atom. The van der Waals surface area contributed by atoms with Crippen LogP contribution in [0.1, 0.15) is 13.8 Å². The van der Waals surface area contributed by atoms with Gasteiger partial charge in [-0.2, -0.15) is 13.2 Å².